The number of carbonyl (C=O) groups excluding carboxylic acids is 1. The molecule has 2 aliphatic heterocycles. The van der Waals surface area contributed by atoms with Gasteiger partial charge in [0.25, 0.3) is 0 Å². The largest absolute Gasteiger partial charge is 0.388 e. The summed E-state index contributed by atoms with van der Waals surface area (Å²) >= 11 is 0. The number of likely N-dealkylation sites (tertiary alicyclic amines) is 1. The van der Waals surface area contributed by atoms with Crippen LogP contribution in [0.4, 0.5) is 0 Å². The minimum absolute atomic E-state index is 0.0698. The molecular formula is C14H27N3O3. The molecule has 0 aromatic carbocycles. The molecule has 116 valence electrons. The van der Waals surface area contributed by atoms with Gasteiger partial charge < -0.3 is 20.5 Å². The molecule has 0 saturated carbocycles. The van der Waals surface area contributed by atoms with E-state index in [0.29, 0.717) is 39.1 Å². The molecule has 2 saturated heterocycles. The fourth-order valence-corrected chi connectivity index (χ4v) is 2.86. The lowest BCUT2D eigenvalue weighted by atomic mass is 9.94. The van der Waals surface area contributed by atoms with Crippen molar-refractivity contribution in [2.75, 3.05) is 46.4 Å². The summed E-state index contributed by atoms with van der Waals surface area (Å²) < 4.78 is 5.25. The third-order valence-electron chi connectivity index (χ3n) is 4.37. The maximum atomic E-state index is 12.2. The lowest BCUT2D eigenvalue weighted by Gasteiger charge is -2.36. The molecule has 2 rings (SSSR count). The molecule has 20 heavy (non-hydrogen) atoms. The summed E-state index contributed by atoms with van der Waals surface area (Å²) in [6, 6.07) is 0.280. The van der Waals surface area contributed by atoms with Gasteiger partial charge in [-0.05, 0) is 12.8 Å². The summed E-state index contributed by atoms with van der Waals surface area (Å²) in [5.74, 6) is 0.0698. The molecule has 0 radical (unpaired) electrons. The van der Waals surface area contributed by atoms with Gasteiger partial charge in [0.05, 0.1) is 12.1 Å². The summed E-state index contributed by atoms with van der Waals surface area (Å²) in [6.45, 7) is 3.74. The maximum Gasteiger partial charge on any atom is 0.236 e. The van der Waals surface area contributed by atoms with Gasteiger partial charge in [-0.15, -0.1) is 0 Å². The van der Waals surface area contributed by atoms with Crippen molar-refractivity contribution in [1.29, 1.82) is 0 Å². The molecular weight excluding hydrogens is 258 g/mol. The normalized spacial score (nSPS) is 24.6. The number of amides is 1. The van der Waals surface area contributed by atoms with E-state index in [9.17, 15) is 9.90 Å². The third kappa shape index (κ3) is 4.41. The second-order valence-electron chi connectivity index (χ2n) is 6.20. The van der Waals surface area contributed by atoms with Crippen LogP contribution in [-0.2, 0) is 9.53 Å². The van der Waals surface area contributed by atoms with E-state index in [-0.39, 0.29) is 11.9 Å². The fourth-order valence-electron chi connectivity index (χ4n) is 2.86. The summed E-state index contributed by atoms with van der Waals surface area (Å²) in [7, 11) is 1.77. The Labute approximate surface area is 120 Å². The predicted molar refractivity (Wildman–Crippen MR) is 76.3 cm³/mol. The molecule has 0 aromatic heterocycles. The van der Waals surface area contributed by atoms with Gasteiger partial charge in [-0.3, -0.25) is 9.69 Å². The molecule has 0 unspecified atom stereocenters. The highest BCUT2D eigenvalue weighted by atomic mass is 16.5. The van der Waals surface area contributed by atoms with Gasteiger partial charge in [0.2, 0.25) is 5.91 Å². The van der Waals surface area contributed by atoms with Crippen molar-refractivity contribution in [2.45, 2.75) is 37.3 Å². The minimum atomic E-state index is -0.785. The van der Waals surface area contributed by atoms with E-state index in [1.807, 2.05) is 0 Å². The first-order valence-electron chi connectivity index (χ1n) is 7.50. The number of likely N-dealkylation sites (N-methyl/N-ethyl adjacent to an activating group) is 1. The van der Waals surface area contributed by atoms with Crippen molar-refractivity contribution in [2.24, 2.45) is 5.73 Å². The topological polar surface area (TPSA) is 79.0 Å². The van der Waals surface area contributed by atoms with Gasteiger partial charge in [-0.1, -0.05) is 0 Å². The molecule has 1 amide bonds. The Morgan fingerprint density at radius 3 is 2.60 bits per heavy atom. The smallest absolute Gasteiger partial charge is 0.236 e. The molecule has 0 aliphatic carbocycles. The lowest BCUT2D eigenvalue weighted by Crippen LogP contribution is -2.50. The van der Waals surface area contributed by atoms with Gasteiger partial charge in [0.1, 0.15) is 0 Å². The first-order valence-corrected chi connectivity index (χ1v) is 7.50. The molecule has 2 fully saturated rings. The maximum absolute atomic E-state index is 12.2. The van der Waals surface area contributed by atoms with Crippen molar-refractivity contribution in [3.8, 4) is 0 Å². The van der Waals surface area contributed by atoms with Gasteiger partial charge in [-0.2, -0.15) is 0 Å². The average Bonchev–Trinajstić information content (AvgIpc) is 2.41. The molecule has 6 nitrogen and oxygen atoms in total. The van der Waals surface area contributed by atoms with Crippen LogP contribution in [0, 0.1) is 0 Å². The monoisotopic (exact) mass is 285 g/mol. The Morgan fingerprint density at radius 2 is 2.00 bits per heavy atom. The molecule has 2 aliphatic rings. The fraction of sp³-hybridized carbons (Fsp3) is 0.929. The van der Waals surface area contributed by atoms with E-state index in [1.165, 1.54) is 0 Å². The molecule has 3 N–H and O–H groups in total. The van der Waals surface area contributed by atoms with E-state index in [4.69, 9.17) is 10.5 Å². The van der Waals surface area contributed by atoms with Crippen LogP contribution in [0.5, 0.6) is 0 Å². The highest BCUT2D eigenvalue weighted by Gasteiger charge is 2.32. The summed E-state index contributed by atoms with van der Waals surface area (Å²) in [4.78, 5) is 16.0. The second kappa shape index (κ2) is 6.85. The zero-order valence-corrected chi connectivity index (χ0v) is 12.4. The second-order valence-corrected chi connectivity index (χ2v) is 6.20. The number of hydrogen-bond donors (Lipinski definition) is 2. The molecule has 0 bridgehead atoms. The standard InChI is InChI=1S/C14H27N3O3/c1-16(11-14(19)4-8-20-9-5-14)13(18)10-17-6-2-12(15)3-7-17/h12,19H,2-11,15H2,1H3. The van der Waals surface area contributed by atoms with Gasteiger partial charge in [0.15, 0.2) is 0 Å². The quantitative estimate of drug-likeness (QED) is 0.722. The van der Waals surface area contributed by atoms with Crippen LogP contribution in [0.15, 0.2) is 0 Å². The molecule has 0 aromatic rings. The van der Waals surface area contributed by atoms with Crippen molar-refractivity contribution < 1.29 is 14.6 Å². The zero-order valence-electron chi connectivity index (χ0n) is 12.4. The van der Waals surface area contributed by atoms with E-state index < -0.39 is 5.60 Å². The van der Waals surface area contributed by atoms with Crippen LogP contribution in [0.3, 0.4) is 0 Å². The van der Waals surface area contributed by atoms with Gasteiger partial charge in [-0.25, -0.2) is 0 Å². The number of ether oxygens (including phenoxy) is 1. The van der Waals surface area contributed by atoms with E-state index >= 15 is 0 Å². The Balaban J connectivity index is 1.76. The van der Waals surface area contributed by atoms with Crippen LogP contribution in [0.2, 0.25) is 0 Å². The van der Waals surface area contributed by atoms with Crippen LogP contribution < -0.4 is 5.73 Å². The van der Waals surface area contributed by atoms with Crippen molar-refractivity contribution in [3.05, 3.63) is 0 Å². The highest BCUT2D eigenvalue weighted by molar-refractivity contribution is 5.78. The third-order valence-corrected chi connectivity index (χ3v) is 4.37. The number of carbonyl (C=O) groups is 1. The number of nitrogens with two attached hydrogens (primary N) is 1. The number of piperidine rings is 1. The number of nitrogens with zero attached hydrogens (tertiary/aromatic N) is 2. The molecule has 0 spiro atoms. The summed E-state index contributed by atoms with van der Waals surface area (Å²) in [5.41, 5.74) is 5.08. The Bertz CT molecular complexity index is 324. The highest BCUT2D eigenvalue weighted by Crippen LogP contribution is 2.21. The summed E-state index contributed by atoms with van der Waals surface area (Å²) in [5, 5.41) is 10.4. The van der Waals surface area contributed by atoms with Crippen LogP contribution in [0.25, 0.3) is 0 Å². The first-order chi connectivity index (χ1) is 9.48. The van der Waals surface area contributed by atoms with Crippen LogP contribution in [0.1, 0.15) is 25.7 Å². The molecule has 6 heteroatoms. The number of aliphatic hydroxyl groups is 1. The summed E-state index contributed by atoms with van der Waals surface area (Å²) in [6.07, 6.45) is 3.11. The molecule has 0 atom stereocenters. The van der Waals surface area contributed by atoms with E-state index in [2.05, 4.69) is 4.90 Å². The number of hydrogen-bond acceptors (Lipinski definition) is 5. The van der Waals surface area contributed by atoms with Crippen LogP contribution >= 0.6 is 0 Å². The van der Waals surface area contributed by atoms with Crippen LogP contribution in [-0.4, -0.2) is 78.9 Å². The Kier molecular flexibility index (Phi) is 5.37. The van der Waals surface area contributed by atoms with Gasteiger partial charge in [0, 0.05) is 58.8 Å². The Hall–Kier alpha value is -0.690. The van der Waals surface area contributed by atoms with Crippen molar-refractivity contribution >= 4 is 5.91 Å². The van der Waals surface area contributed by atoms with Crippen molar-refractivity contribution in [1.82, 2.24) is 9.80 Å². The first kappa shape index (κ1) is 15.7. The minimum Gasteiger partial charge on any atom is -0.388 e. The Morgan fingerprint density at radius 1 is 1.40 bits per heavy atom. The zero-order chi connectivity index (χ0) is 14.6. The average molecular weight is 285 g/mol. The molecule has 2 heterocycles. The van der Waals surface area contributed by atoms with E-state index in [0.717, 1.165) is 25.9 Å². The lowest BCUT2D eigenvalue weighted by molar-refractivity contribution is -0.138. The van der Waals surface area contributed by atoms with Crippen molar-refractivity contribution in [3.63, 3.8) is 0 Å². The van der Waals surface area contributed by atoms with Gasteiger partial charge >= 0.3 is 0 Å². The predicted octanol–water partition coefficient (Wildman–Crippen LogP) is -0.591. The number of rotatable bonds is 4. The SMILES string of the molecule is CN(CC1(O)CCOCC1)C(=O)CN1CCC(N)CC1. The van der Waals surface area contributed by atoms with E-state index in [1.54, 1.807) is 11.9 Å².